The maximum atomic E-state index is 13.0. The van der Waals surface area contributed by atoms with E-state index in [4.69, 9.17) is 0 Å². The van der Waals surface area contributed by atoms with Gasteiger partial charge in [-0.25, -0.2) is 0 Å². The van der Waals surface area contributed by atoms with Crippen molar-refractivity contribution >= 4 is 11.8 Å². The van der Waals surface area contributed by atoms with E-state index < -0.39 is 0 Å². The fourth-order valence-electron chi connectivity index (χ4n) is 4.74. The largest absolute Gasteiger partial charge is 0.342 e. The Labute approximate surface area is 179 Å². The lowest BCUT2D eigenvalue weighted by atomic mass is 9.89. The maximum absolute atomic E-state index is 13.0. The predicted molar refractivity (Wildman–Crippen MR) is 119 cm³/mol. The first-order chi connectivity index (χ1) is 14.6. The molecule has 0 saturated carbocycles. The second-order valence-corrected chi connectivity index (χ2v) is 8.93. The van der Waals surface area contributed by atoms with Gasteiger partial charge in [-0.05, 0) is 49.7 Å². The summed E-state index contributed by atoms with van der Waals surface area (Å²) >= 11 is 0. The number of rotatable bonds is 6. The third kappa shape index (κ3) is 5.10. The molecule has 0 radical (unpaired) electrons. The van der Waals surface area contributed by atoms with Crippen molar-refractivity contribution in [1.29, 1.82) is 0 Å². The molecule has 2 fully saturated rings. The van der Waals surface area contributed by atoms with Gasteiger partial charge in [0.2, 0.25) is 11.8 Å². The summed E-state index contributed by atoms with van der Waals surface area (Å²) in [5.74, 6) is 0.785. The Morgan fingerprint density at radius 2 is 1.67 bits per heavy atom. The SMILES string of the molecule is Cc1ccc(CCN2C[C@H](C(=O)N3CCC(Cc4ccccc4)CC3)CC2=O)cc1. The Bertz CT molecular complexity index is 854. The van der Waals surface area contributed by atoms with Crippen LogP contribution in [-0.4, -0.2) is 47.8 Å². The summed E-state index contributed by atoms with van der Waals surface area (Å²) in [6.07, 6.45) is 4.42. The lowest BCUT2D eigenvalue weighted by Crippen LogP contribution is -2.42. The molecule has 2 aliphatic rings. The standard InChI is InChI=1S/C26H32N2O2/c1-20-7-9-21(10-8-20)11-16-28-19-24(18-25(28)29)26(30)27-14-12-23(13-15-27)17-22-5-3-2-4-6-22/h2-10,23-24H,11-19H2,1H3/t24-/m1/s1. The van der Waals surface area contributed by atoms with Crippen LogP contribution in [0.3, 0.4) is 0 Å². The van der Waals surface area contributed by atoms with Crippen LogP contribution in [0.15, 0.2) is 54.6 Å². The monoisotopic (exact) mass is 404 g/mol. The van der Waals surface area contributed by atoms with Crippen molar-refractivity contribution in [2.75, 3.05) is 26.2 Å². The van der Waals surface area contributed by atoms with Gasteiger partial charge >= 0.3 is 0 Å². The number of likely N-dealkylation sites (tertiary alicyclic amines) is 2. The number of amides is 2. The first-order valence-corrected chi connectivity index (χ1v) is 11.2. The lowest BCUT2D eigenvalue weighted by Gasteiger charge is -2.33. The minimum absolute atomic E-state index is 0.124. The summed E-state index contributed by atoms with van der Waals surface area (Å²) in [5.41, 5.74) is 3.87. The molecule has 30 heavy (non-hydrogen) atoms. The number of carbonyl (C=O) groups excluding carboxylic acids is 2. The average molecular weight is 405 g/mol. The molecule has 2 heterocycles. The zero-order valence-corrected chi connectivity index (χ0v) is 17.9. The molecule has 1 atom stereocenters. The highest BCUT2D eigenvalue weighted by atomic mass is 16.2. The zero-order valence-electron chi connectivity index (χ0n) is 17.9. The van der Waals surface area contributed by atoms with Crippen molar-refractivity contribution in [2.24, 2.45) is 11.8 Å². The molecule has 2 aliphatic heterocycles. The quantitative estimate of drug-likeness (QED) is 0.733. The Hall–Kier alpha value is -2.62. The molecule has 0 bridgehead atoms. The van der Waals surface area contributed by atoms with E-state index in [0.29, 0.717) is 25.4 Å². The summed E-state index contributed by atoms with van der Waals surface area (Å²) in [6, 6.07) is 19.1. The molecule has 4 nitrogen and oxygen atoms in total. The van der Waals surface area contributed by atoms with Gasteiger partial charge in [-0.1, -0.05) is 60.2 Å². The number of nitrogens with zero attached hydrogens (tertiary/aromatic N) is 2. The molecule has 0 spiro atoms. The van der Waals surface area contributed by atoms with Crippen LogP contribution in [-0.2, 0) is 22.4 Å². The average Bonchev–Trinajstić information content (AvgIpc) is 3.15. The van der Waals surface area contributed by atoms with E-state index in [1.165, 1.54) is 16.7 Å². The van der Waals surface area contributed by atoms with Gasteiger partial charge in [0.1, 0.15) is 0 Å². The van der Waals surface area contributed by atoms with Gasteiger partial charge in [0.15, 0.2) is 0 Å². The first kappa shape index (κ1) is 20.6. The second kappa shape index (κ2) is 9.46. The van der Waals surface area contributed by atoms with E-state index in [2.05, 4.69) is 61.5 Å². The van der Waals surface area contributed by atoms with Crippen LogP contribution < -0.4 is 0 Å². The molecule has 0 unspecified atom stereocenters. The van der Waals surface area contributed by atoms with Crippen LogP contribution in [0, 0.1) is 18.8 Å². The van der Waals surface area contributed by atoms with Crippen molar-refractivity contribution in [3.05, 3.63) is 71.3 Å². The molecule has 4 heteroatoms. The minimum Gasteiger partial charge on any atom is -0.342 e. The molecule has 2 amide bonds. The fourth-order valence-corrected chi connectivity index (χ4v) is 4.74. The first-order valence-electron chi connectivity index (χ1n) is 11.2. The van der Waals surface area contributed by atoms with E-state index in [-0.39, 0.29) is 17.7 Å². The van der Waals surface area contributed by atoms with E-state index in [1.807, 2.05) is 9.80 Å². The second-order valence-electron chi connectivity index (χ2n) is 8.93. The van der Waals surface area contributed by atoms with E-state index >= 15 is 0 Å². The number of aryl methyl sites for hydroxylation is 1. The summed E-state index contributed by atoms with van der Waals surface area (Å²) in [5, 5.41) is 0. The summed E-state index contributed by atoms with van der Waals surface area (Å²) in [6.45, 7) is 5.00. The van der Waals surface area contributed by atoms with Gasteiger partial charge < -0.3 is 9.80 Å². The number of hydrogen-bond acceptors (Lipinski definition) is 2. The van der Waals surface area contributed by atoms with Gasteiger partial charge in [-0.15, -0.1) is 0 Å². The molecule has 0 aromatic heterocycles. The molecule has 158 valence electrons. The van der Waals surface area contributed by atoms with Gasteiger partial charge in [-0.3, -0.25) is 9.59 Å². The third-order valence-electron chi connectivity index (χ3n) is 6.65. The highest BCUT2D eigenvalue weighted by Gasteiger charge is 2.37. The highest BCUT2D eigenvalue weighted by molar-refractivity contribution is 5.89. The number of hydrogen-bond donors (Lipinski definition) is 0. The van der Waals surface area contributed by atoms with Crippen LogP contribution in [0.25, 0.3) is 0 Å². The molecule has 0 N–H and O–H groups in total. The molecule has 4 rings (SSSR count). The van der Waals surface area contributed by atoms with Crippen LogP contribution in [0.5, 0.6) is 0 Å². The lowest BCUT2D eigenvalue weighted by molar-refractivity contribution is -0.137. The molecule has 0 aliphatic carbocycles. The summed E-state index contributed by atoms with van der Waals surface area (Å²) < 4.78 is 0. The molecular formula is C26H32N2O2. The Kier molecular flexibility index (Phi) is 6.51. The van der Waals surface area contributed by atoms with Gasteiger partial charge in [0, 0.05) is 32.6 Å². The summed E-state index contributed by atoms with van der Waals surface area (Å²) in [4.78, 5) is 29.4. The number of piperidine rings is 1. The normalized spacial score (nSPS) is 20.0. The van der Waals surface area contributed by atoms with Crippen molar-refractivity contribution in [2.45, 2.75) is 39.0 Å². The van der Waals surface area contributed by atoms with Crippen LogP contribution in [0.1, 0.15) is 36.0 Å². The Balaban J connectivity index is 1.24. The van der Waals surface area contributed by atoms with Crippen molar-refractivity contribution in [3.8, 4) is 0 Å². The van der Waals surface area contributed by atoms with Gasteiger partial charge in [-0.2, -0.15) is 0 Å². The van der Waals surface area contributed by atoms with Gasteiger partial charge in [0.05, 0.1) is 5.92 Å². The van der Waals surface area contributed by atoms with Crippen LogP contribution in [0.4, 0.5) is 0 Å². The van der Waals surface area contributed by atoms with Crippen molar-refractivity contribution < 1.29 is 9.59 Å². The molecule has 2 saturated heterocycles. The highest BCUT2D eigenvalue weighted by Crippen LogP contribution is 2.26. The fraction of sp³-hybridized carbons (Fsp3) is 0.462. The van der Waals surface area contributed by atoms with Crippen molar-refractivity contribution in [1.82, 2.24) is 9.80 Å². The zero-order chi connectivity index (χ0) is 20.9. The Morgan fingerprint density at radius 3 is 2.37 bits per heavy atom. The molecule has 2 aromatic carbocycles. The third-order valence-corrected chi connectivity index (χ3v) is 6.65. The number of carbonyl (C=O) groups is 2. The number of benzene rings is 2. The minimum atomic E-state index is -0.166. The molecule has 2 aromatic rings. The Morgan fingerprint density at radius 1 is 0.967 bits per heavy atom. The predicted octanol–water partition coefficient (Wildman–Crippen LogP) is 3.87. The molecular weight excluding hydrogens is 372 g/mol. The smallest absolute Gasteiger partial charge is 0.227 e. The van der Waals surface area contributed by atoms with E-state index in [9.17, 15) is 9.59 Å². The topological polar surface area (TPSA) is 40.6 Å². The maximum Gasteiger partial charge on any atom is 0.227 e. The van der Waals surface area contributed by atoms with Crippen molar-refractivity contribution in [3.63, 3.8) is 0 Å². The van der Waals surface area contributed by atoms with Crippen LogP contribution in [0.2, 0.25) is 0 Å². The van der Waals surface area contributed by atoms with Gasteiger partial charge in [0.25, 0.3) is 0 Å². The summed E-state index contributed by atoms with van der Waals surface area (Å²) in [7, 11) is 0. The van der Waals surface area contributed by atoms with E-state index in [0.717, 1.165) is 38.8 Å². The van der Waals surface area contributed by atoms with E-state index in [1.54, 1.807) is 0 Å². The van der Waals surface area contributed by atoms with Crippen LogP contribution >= 0.6 is 0 Å².